The molecule has 0 N–H and O–H groups in total. The Labute approximate surface area is 232 Å². The highest BCUT2D eigenvalue weighted by atomic mass is 28.4. The normalized spacial score (nSPS) is 20.8. The van der Waals surface area contributed by atoms with Gasteiger partial charge in [-0.15, -0.1) is 0 Å². The molecule has 1 saturated heterocycles. The number of aromatic nitrogens is 1. The van der Waals surface area contributed by atoms with Crippen LogP contribution in [-0.2, 0) is 13.9 Å². The van der Waals surface area contributed by atoms with Crippen LogP contribution in [0.25, 0.3) is 28.0 Å². The first-order valence-corrected chi connectivity index (χ1v) is 16.7. The fourth-order valence-corrected chi connectivity index (χ4v) is 6.40. The SMILES string of the molecule is CO[C@@H]1C[C@H](O[Si](C)(C)C(C)(C)C)C[C@@H](C=Cc2c(-c3ccc(F)cc3)c3ccccc3c(=O)n2C(C)C)O1. The fourth-order valence-electron chi connectivity index (χ4n) is 5.02. The molecule has 7 heteroatoms. The van der Waals surface area contributed by atoms with Crippen molar-refractivity contribution in [3.63, 3.8) is 0 Å². The minimum atomic E-state index is -1.98. The van der Waals surface area contributed by atoms with Crippen molar-refractivity contribution in [1.29, 1.82) is 0 Å². The number of benzene rings is 2. The van der Waals surface area contributed by atoms with Gasteiger partial charge in [-0.25, -0.2) is 4.39 Å². The van der Waals surface area contributed by atoms with Gasteiger partial charge < -0.3 is 18.5 Å². The average Bonchev–Trinajstić information content (AvgIpc) is 2.87. The number of pyridine rings is 1. The molecule has 3 atom stereocenters. The summed E-state index contributed by atoms with van der Waals surface area (Å²) in [6.45, 7) is 15.3. The maximum atomic E-state index is 13.9. The maximum Gasteiger partial charge on any atom is 0.259 e. The number of methoxy groups -OCH3 is 1. The summed E-state index contributed by atoms with van der Waals surface area (Å²) in [7, 11) is -0.323. The van der Waals surface area contributed by atoms with Crippen LogP contribution in [0, 0.1) is 5.82 Å². The van der Waals surface area contributed by atoms with Crippen LogP contribution < -0.4 is 5.56 Å². The Hall–Kier alpha value is -2.58. The lowest BCUT2D eigenvalue weighted by Crippen LogP contribution is -2.47. The molecule has 210 valence electrons. The molecule has 0 spiro atoms. The summed E-state index contributed by atoms with van der Waals surface area (Å²) in [6.07, 6.45) is 4.78. The van der Waals surface area contributed by atoms with E-state index in [4.69, 9.17) is 13.9 Å². The van der Waals surface area contributed by atoms with Crippen LogP contribution in [0.2, 0.25) is 18.1 Å². The third-order valence-electron chi connectivity index (χ3n) is 8.09. The predicted molar refractivity (Wildman–Crippen MR) is 160 cm³/mol. The van der Waals surface area contributed by atoms with E-state index in [1.165, 1.54) is 12.1 Å². The second-order valence-electron chi connectivity index (χ2n) is 12.3. The van der Waals surface area contributed by atoms with Crippen LogP contribution in [0.15, 0.2) is 59.4 Å². The minimum Gasteiger partial charge on any atom is -0.414 e. The van der Waals surface area contributed by atoms with Gasteiger partial charge in [-0.05, 0) is 67.2 Å². The van der Waals surface area contributed by atoms with Crippen molar-refractivity contribution >= 4 is 25.2 Å². The number of rotatable bonds is 7. The Balaban J connectivity index is 1.81. The second-order valence-corrected chi connectivity index (χ2v) is 17.0. The van der Waals surface area contributed by atoms with Gasteiger partial charge in [-0.1, -0.05) is 57.2 Å². The zero-order valence-electron chi connectivity index (χ0n) is 24.5. The Morgan fingerprint density at radius 1 is 1.05 bits per heavy atom. The monoisotopic (exact) mass is 551 g/mol. The molecule has 3 aromatic rings. The fraction of sp³-hybridized carbons (Fsp3) is 0.469. The summed E-state index contributed by atoms with van der Waals surface area (Å²) in [4.78, 5) is 13.7. The highest BCUT2D eigenvalue weighted by Gasteiger charge is 2.41. The first-order valence-electron chi connectivity index (χ1n) is 13.8. The molecule has 1 aromatic heterocycles. The van der Waals surface area contributed by atoms with Crippen molar-refractivity contribution in [3.05, 3.63) is 76.5 Å². The van der Waals surface area contributed by atoms with Gasteiger partial charge in [0.05, 0.1) is 17.9 Å². The number of hydrogen-bond acceptors (Lipinski definition) is 4. The summed E-state index contributed by atoms with van der Waals surface area (Å²) in [5, 5.41) is 1.57. The van der Waals surface area contributed by atoms with E-state index in [0.717, 1.165) is 22.2 Å². The van der Waals surface area contributed by atoms with Gasteiger partial charge in [-0.2, -0.15) is 0 Å². The molecule has 0 amide bonds. The van der Waals surface area contributed by atoms with E-state index in [0.29, 0.717) is 18.2 Å². The van der Waals surface area contributed by atoms with Gasteiger partial charge in [0.25, 0.3) is 5.56 Å². The molecule has 39 heavy (non-hydrogen) atoms. The van der Waals surface area contributed by atoms with Crippen molar-refractivity contribution in [2.75, 3.05) is 7.11 Å². The van der Waals surface area contributed by atoms with Gasteiger partial charge in [0.2, 0.25) is 0 Å². The first kappa shape index (κ1) is 29.4. The lowest BCUT2D eigenvalue weighted by molar-refractivity contribution is -0.189. The maximum absolute atomic E-state index is 13.9. The molecule has 0 radical (unpaired) electrons. The van der Waals surface area contributed by atoms with Crippen LogP contribution in [0.3, 0.4) is 0 Å². The third-order valence-corrected chi connectivity index (χ3v) is 12.6. The van der Waals surface area contributed by atoms with Crippen LogP contribution >= 0.6 is 0 Å². The first-order chi connectivity index (χ1) is 18.3. The van der Waals surface area contributed by atoms with E-state index in [1.807, 2.05) is 54.8 Å². The molecule has 0 unspecified atom stereocenters. The molecule has 5 nitrogen and oxygen atoms in total. The Bertz CT molecular complexity index is 1390. The van der Waals surface area contributed by atoms with Gasteiger partial charge in [0.15, 0.2) is 14.6 Å². The molecule has 0 aliphatic carbocycles. The molecule has 1 fully saturated rings. The molecule has 0 saturated carbocycles. The van der Waals surface area contributed by atoms with E-state index < -0.39 is 8.32 Å². The van der Waals surface area contributed by atoms with Crippen LogP contribution in [0.4, 0.5) is 4.39 Å². The summed E-state index contributed by atoms with van der Waals surface area (Å²) in [5.41, 5.74) is 2.46. The number of fused-ring (bicyclic) bond motifs is 1. The lowest BCUT2D eigenvalue weighted by atomic mass is 9.95. The number of halogens is 1. The van der Waals surface area contributed by atoms with E-state index in [9.17, 15) is 9.18 Å². The van der Waals surface area contributed by atoms with E-state index in [1.54, 1.807) is 19.2 Å². The zero-order chi connectivity index (χ0) is 28.5. The summed E-state index contributed by atoms with van der Waals surface area (Å²) in [5.74, 6) is -0.300. The molecular formula is C32H42FNO4Si. The van der Waals surface area contributed by atoms with Crippen molar-refractivity contribution < 1.29 is 18.3 Å². The molecule has 2 aromatic carbocycles. The Kier molecular flexibility index (Phi) is 8.66. The average molecular weight is 552 g/mol. The Morgan fingerprint density at radius 2 is 1.69 bits per heavy atom. The molecule has 4 rings (SSSR count). The zero-order valence-corrected chi connectivity index (χ0v) is 25.5. The van der Waals surface area contributed by atoms with E-state index in [2.05, 4.69) is 33.9 Å². The van der Waals surface area contributed by atoms with Crippen molar-refractivity contribution in [2.45, 2.75) is 90.1 Å². The molecule has 1 aliphatic rings. The third kappa shape index (κ3) is 6.27. The van der Waals surface area contributed by atoms with Crippen LogP contribution in [0.5, 0.6) is 0 Å². The largest absolute Gasteiger partial charge is 0.414 e. The molecule has 2 heterocycles. The molecule has 1 aliphatic heterocycles. The van der Waals surface area contributed by atoms with Gasteiger partial charge in [0.1, 0.15) is 5.82 Å². The van der Waals surface area contributed by atoms with Crippen molar-refractivity contribution in [1.82, 2.24) is 4.57 Å². The van der Waals surface area contributed by atoms with E-state index in [-0.39, 0.29) is 41.0 Å². The van der Waals surface area contributed by atoms with Crippen LogP contribution in [-0.4, -0.2) is 38.5 Å². The smallest absolute Gasteiger partial charge is 0.259 e. The molecule has 0 bridgehead atoms. The summed E-state index contributed by atoms with van der Waals surface area (Å²) < 4.78 is 34.3. The predicted octanol–water partition coefficient (Wildman–Crippen LogP) is 7.94. The highest BCUT2D eigenvalue weighted by molar-refractivity contribution is 6.74. The minimum absolute atomic E-state index is 0.0136. The standard InChI is InChI=1S/C32H42FNO4Si/c1-21(2)34-28(18-17-24-19-25(20-29(36-6)37-24)38-39(7,8)32(3,4)5)30(22-13-15-23(33)16-14-22)26-11-9-10-12-27(26)31(34)35/h9-18,21,24-25,29H,19-20H2,1-8H3/t24-,25-,29+/m1/s1. The van der Waals surface area contributed by atoms with Gasteiger partial charge in [0, 0.05) is 36.9 Å². The topological polar surface area (TPSA) is 49.7 Å². The van der Waals surface area contributed by atoms with Crippen molar-refractivity contribution in [3.8, 4) is 11.1 Å². The highest BCUT2D eigenvalue weighted by Crippen LogP contribution is 2.40. The van der Waals surface area contributed by atoms with E-state index >= 15 is 0 Å². The van der Waals surface area contributed by atoms with Crippen molar-refractivity contribution in [2.24, 2.45) is 0 Å². The summed E-state index contributed by atoms with van der Waals surface area (Å²) >= 11 is 0. The number of hydrogen-bond donors (Lipinski definition) is 0. The van der Waals surface area contributed by atoms with Crippen LogP contribution in [0.1, 0.15) is 59.2 Å². The number of nitrogens with zero attached hydrogens (tertiary/aromatic N) is 1. The quantitative estimate of drug-likeness (QED) is 0.280. The van der Waals surface area contributed by atoms with Gasteiger partial charge >= 0.3 is 0 Å². The Morgan fingerprint density at radius 3 is 2.28 bits per heavy atom. The summed E-state index contributed by atoms with van der Waals surface area (Å²) in [6, 6.07) is 14.0. The van der Waals surface area contributed by atoms with Gasteiger partial charge in [-0.3, -0.25) is 4.79 Å². The number of ether oxygens (including phenoxy) is 2. The molecular weight excluding hydrogens is 509 g/mol. The lowest BCUT2D eigenvalue weighted by Gasteiger charge is -2.42. The second kappa shape index (κ2) is 11.5.